The number of morpholine rings is 1. The first-order valence-electron chi connectivity index (χ1n) is 8.48. The molecule has 1 aromatic rings. The zero-order chi connectivity index (χ0) is 15.2. The number of nitrogens with one attached hydrogen (secondary N) is 1. The van der Waals surface area contributed by atoms with E-state index in [1.807, 2.05) is 11.0 Å². The van der Waals surface area contributed by atoms with Gasteiger partial charge in [0, 0.05) is 31.5 Å². The first-order valence-corrected chi connectivity index (χ1v) is 8.48. The topological polar surface area (TPSA) is 41.6 Å². The molecule has 0 bridgehead atoms. The molecule has 22 heavy (non-hydrogen) atoms. The van der Waals surface area contributed by atoms with Crippen LogP contribution in [0.5, 0.6) is 0 Å². The molecule has 2 fully saturated rings. The molecule has 4 heteroatoms. The van der Waals surface area contributed by atoms with Gasteiger partial charge in [-0.1, -0.05) is 36.8 Å². The summed E-state index contributed by atoms with van der Waals surface area (Å²) in [7, 11) is 0. The van der Waals surface area contributed by atoms with E-state index in [0.29, 0.717) is 25.7 Å². The third kappa shape index (κ3) is 3.87. The van der Waals surface area contributed by atoms with Crippen LogP contribution in [0.4, 0.5) is 0 Å². The standard InChI is InChI=1S/C18H26N2O2/c21-18(20-10-12-22-13-11-20)14-16(15-6-2-1-3-7-15)17-8-4-5-9-19-17/h1-3,6-7,16-17,19H,4-5,8-14H2. The highest BCUT2D eigenvalue weighted by Crippen LogP contribution is 2.29. The summed E-state index contributed by atoms with van der Waals surface area (Å²) in [6, 6.07) is 10.9. The fourth-order valence-electron chi connectivity index (χ4n) is 3.54. The maximum Gasteiger partial charge on any atom is 0.223 e. The molecule has 1 amide bonds. The number of amides is 1. The minimum atomic E-state index is 0.268. The monoisotopic (exact) mass is 302 g/mol. The molecule has 2 atom stereocenters. The number of piperidine rings is 1. The molecule has 4 nitrogen and oxygen atoms in total. The highest BCUT2D eigenvalue weighted by atomic mass is 16.5. The summed E-state index contributed by atoms with van der Waals surface area (Å²) < 4.78 is 5.35. The van der Waals surface area contributed by atoms with Gasteiger partial charge in [0.1, 0.15) is 0 Å². The summed E-state index contributed by atoms with van der Waals surface area (Å²) in [6.07, 6.45) is 4.26. The van der Waals surface area contributed by atoms with Crippen molar-refractivity contribution in [2.75, 3.05) is 32.8 Å². The second-order valence-corrected chi connectivity index (χ2v) is 6.27. The quantitative estimate of drug-likeness (QED) is 0.927. The third-order valence-electron chi connectivity index (χ3n) is 4.82. The van der Waals surface area contributed by atoms with Crippen molar-refractivity contribution in [1.82, 2.24) is 10.2 Å². The van der Waals surface area contributed by atoms with Gasteiger partial charge < -0.3 is 15.0 Å². The highest BCUT2D eigenvalue weighted by Gasteiger charge is 2.29. The number of ether oxygens (including phenoxy) is 1. The van der Waals surface area contributed by atoms with E-state index in [1.165, 1.54) is 18.4 Å². The van der Waals surface area contributed by atoms with Crippen LogP contribution in [-0.4, -0.2) is 49.7 Å². The number of carbonyl (C=O) groups excluding carboxylic acids is 1. The first kappa shape index (κ1) is 15.5. The summed E-state index contributed by atoms with van der Waals surface area (Å²) >= 11 is 0. The molecule has 1 N–H and O–H groups in total. The molecular weight excluding hydrogens is 276 g/mol. The van der Waals surface area contributed by atoms with Crippen molar-refractivity contribution in [1.29, 1.82) is 0 Å². The molecule has 0 aliphatic carbocycles. The van der Waals surface area contributed by atoms with Crippen molar-refractivity contribution in [2.24, 2.45) is 0 Å². The number of benzene rings is 1. The van der Waals surface area contributed by atoms with Crippen molar-refractivity contribution < 1.29 is 9.53 Å². The number of carbonyl (C=O) groups is 1. The summed E-state index contributed by atoms with van der Waals surface area (Å²) in [5, 5.41) is 3.63. The van der Waals surface area contributed by atoms with E-state index in [9.17, 15) is 4.79 Å². The van der Waals surface area contributed by atoms with Gasteiger partial charge in [-0.05, 0) is 24.9 Å². The summed E-state index contributed by atoms with van der Waals surface area (Å²) in [5.74, 6) is 0.543. The van der Waals surface area contributed by atoms with Crippen LogP contribution in [0.3, 0.4) is 0 Å². The Bertz CT molecular complexity index is 465. The molecule has 3 rings (SSSR count). The minimum absolute atomic E-state index is 0.268. The lowest BCUT2D eigenvalue weighted by atomic mass is 9.84. The fraction of sp³-hybridized carbons (Fsp3) is 0.611. The lowest BCUT2D eigenvalue weighted by Gasteiger charge is -2.34. The Morgan fingerprint density at radius 2 is 2.00 bits per heavy atom. The number of hydrogen-bond acceptors (Lipinski definition) is 3. The second kappa shape index (κ2) is 7.75. The predicted octanol–water partition coefficient (Wildman–Crippen LogP) is 2.16. The molecule has 2 unspecified atom stereocenters. The molecule has 0 saturated carbocycles. The Balaban J connectivity index is 1.71. The van der Waals surface area contributed by atoms with Crippen LogP contribution in [0.15, 0.2) is 30.3 Å². The lowest BCUT2D eigenvalue weighted by molar-refractivity contribution is -0.135. The van der Waals surface area contributed by atoms with Crippen LogP contribution in [0.1, 0.15) is 37.2 Å². The van der Waals surface area contributed by atoms with E-state index in [1.54, 1.807) is 0 Å². The largest absolute Gasteiger partial charge is 0.378 e. The van der Waals surface area contributed by atoms with Gasteiger partial charge in [0.2, 0.25) is 5.91 Å². The average Bonchev–Trinajstić information content (AvgIpc) is 2.62. The van der Waals surface area contributed by atoms with Crippen LogP contribution < -0.4 is 5.32 Å². The Morgan fingerprint density at radius 3 is 2.68 bits per heavy atom. The van der Waals surface area contributed by atoms with E-state index in [2.05, 4.69) is 29.6 Å². The molecule has 1 aromatic carbocycles. The van der Waals surface area contributed by atoms with E-state index in [-0.39, 0.29) is 11.8 Å². The van der Waals surface area contributed by atoms with Gasteiger partial charge >= 0.3 is 0 Å². The molecular formula is C18H26N2O2. The van der Waals surface area contributed by atoms with Crippen LogP contribution in [-0.2, 0) is 9.53 Å². The van der Waals surface area contributed by atoms with Gasteiger partial charge in [-0.3, -0.25) is 4.79 Å². The Kier molecular flexibility index (Phi) is 5.46. The van der Waals surface area contributed by atoms with Crippen molar-refractivity contribution in [3.05, 3.63) is 35.9 Å². The van der Waals surface area contributed by atoms with Crippen LogP contribution in [0.2, 0.25) is 0 Å². The lowest BCUT2D eigenvalue weighted by Crippen LogP contribution is -2.44. The summed E-state index contributed by atoms with van der Waals surface area (Å²) in [4.78, 5) is 14.6. The van der Waals surface area contributed by atoms with Gasteiger partial charge in [-0.25, -0.2) is 0 Å². The second-order valence-electron chi connectivity index (χ2n) is 6.27. The van der Waals surface area contributed by atoms with Gasteiger partial charge in [0.15, 0.2) is 0 Å². The smallest absolute Gasteiger partial charge is 0.223 e. The Labute approximate surface area is 132 Å². The van der Waals surface area contributed by atoms with E-state index in [0.717, 1.165) is 26.1 Å². The minimum Gasteiger partial charge on any atom is -0.378 e. The number of nitrogens with zero attached hydrogens (tertiary/aromatic N) is 1. The SMILES string of the molecule is O=C(CC(c1ccccc1)C1CCCCN1)N1CCOCC1. The van der Waals surface area contributed by atoms with E-state index >= 15 is 0 Å². The summed E-state index contributed by atoms with van der Waals surface area (Å²) in [5.41, 5.74) is 1.28. The molecule has 0 radical (unpaired) electrons. The average molecular weight is 302 g/mol. The molecule has 2 aliphatic rings. The molecule has 0 spiro atoms. The van der Waals surface area contributed by atoms with Crippen LogP contribution in [0, 0.1) is 0 Å². The molecule has 2 heterocycles. The maximum absolute atomic E-state index is 12.7. The normalized spacial score (nSPS) is 24.0. The van der Waals surface area contributed by atoms with Gasteiger partial charge in [-0.2, -0.15) is 0 Å². The Morgan fingerprint density at radius 1 is 1.23 bits per heavy atom. The molecule has 2 saturated heterocycles. The van der Waals surface area contributed by atoms with Crippen LogP contribution >= 0.6 is 0 Å². The van der Waals surface area contributed by atoms with Gasteiger partial charge in [-0.15, -0.1) is 0 Å². The number of hydrogen-bond donors (Lipinski definition) is 1. The van der Waals surface area contributed by atoms with Crippen LogP contribution in [0.25, 0.3) is 0 Å². The molecule has 2 aliphatic heterocycles. The number of rotatable bonds is 4. The van der Waals surface area contributed by atoms with Crippen molar-refractivity contribution in [3.63, 3.8) is 0 Å². The van der Waals surface area contributed by atoms with Gasteiger partial charge in [0.05, 0.1) is 13.2 Å². The van der Waals surface area contributed by atoms with Gasteiger partial charge in [0.25, 0.3) is 0 Å². The third-order valence-corrected chi connectivity index (χ3v) is 4.82. The first-order chi connectivity index (χ1) is 10.8. The Hall–Kier alpha value is -1.39. The fourth-order valence-corrected chi connectivity index (χ4v) is 3.54. The summed E-state index contributed by atoms with van der Waals surface area (Å²) in [6.45, 7) is 3.88. The van der Waals surface area contributed by atoms with E-state index in [4.69, 9.17) is 4.74 Å². The predicted molar refractivity (Wildman–Crippen MR) is 86.8 cm³/mol. The van der Waals surface area contributed by atoms with E-state index < -0.39 is 0 Å². The maximum atomic E-state index is 12.7. The molecule has 120 valence electrons. The van der Waals surface area contributed by atoms with Crippen molar-refractivity contribution in [3.8, 4) is 0 Å². The zero-order valence-corrected chi connectivity index (χ0v) is 13.2. The van der Waals surface area contributed by atoms with Crippen molar-refractivity contribution >= 4 is 5.91 Å². The highest BCUT2D eigenvalue weighted by molar-refractivity contribution is 5.77. The zero-order valence-electron chi connectivity index (χ0n) is 13.2. The molecule has 0 aromatic heterocycles. The van der Waals surface area contributed by atoms with Crippen molar-refractivity contribution in [2.45, 2.75) is 37.6 Å².